The van der Waals surface area contributed by atoms with Crippen molar-refractivity contribution in [2.45, 2.75) is 45.5 Å². The first-order valence-electron chi connectivity index (χ1n) is 7.18. The van der Waals surface area contributed by atoms with Crippen LogP contribution in [0.2, 0.25) is 0 Å². The minimum atomic E-state index is -0.453. The molecule has 4 nitrogen and oxygen atoms in total. The molecule has 21 heavy (non-hydrogen) atoms. The molecule has 0 bridgehead atoms. The highest BCUT2D eigenvalue weighted by Gasteiger charge is 2.30. The number of hydrogen-bond acceptors (Lipinski definition) is 3. The number of carbonyl (C=O) groups excluding carboxylic acids is 1. The van der Waals surface area contributed by atoms with E-state index < -0.39 is 5.60 Å². The maximum absolute atomic E-state index is 12.0. The zero-order valence-electron chi connectivity index (χ0n) is 12.8. The first kappa shape index (κ1) is 16.3. The van der Waals surface area contributed by atoms with Gasteiger partial charge in [-0.15, -0.1) is 0 Å². The molecule has 1 aromatic carbocycles. The molecule has 1 saturated heterocycles. The van der Waals surface area contributed by atoms with Gasteiger partial charge in [0.2, 0.25) is 0 Å². The van der Waals surface area contributed by atoms with Gasteiger partial charge in [-0.25, -0.2) is 4.79 Å². The van der Waals surface area contributed by atoms with Crippen LogP contribution in [0.15, 0.2) is 28.7 Å². The van der Waals surface area contributed by atoms with Crippen molar-refractivity contribution in [1.29, 1.82) is 0 Å². The Morgan fingerprint density at radius 3 is 2.76 bits per heavy atom. The predicted octanol–water partition coefficient (Wildman–Crippen LogP) is 3.98. The standard InChI is InChI=1S/C16H22BrNO3/c1-16(2,3)21-15(19)18-9-8-13(10-18)20-11-12-6-4-5-7-14(12)17/h4-7,13H,8-11H2,1-3H3. The van der Waals surface area contributed by atoms with Gasteiger partial charge in [-0.2, -0.15) is 0 Å². The molecule has 0 spiro atoms. The Balaban J connectivity index is 1.80. The summed E-state index contributed by atoms with van der Waals surface area (Å²) in [5.74, 6) is 0. The normalized spacial score (nSPS) is 18.9. The van der Waals surface area contributed by atoms with E-state index in [1.165, 1.54) is 0 Å². The quantitative estimate of drug-likeness (QED) is 0.823. The van der Waals surface area contributed by atoms with Crippen molar-refractivity contribution in [3.63, 3.8) is 0 Å². The Bertz CT molecular complexity index is 499. The van der Waals surface area contributed by atoms with Crippen LogP contribution >= 0.6 is 15.9 Å². The molecule has 0 N–H and O–H groups in total. The second kappa shape index (κ2) is 6.79. The molecule has 1 atom stereocenters. The molecule has 0 aromatic heterocycles. The fourth-order valence-corrected chi connectivity index (χ4v) is 2.58. The van der Waals surface area contributed by atoms with Gasteiger partial charge < -0.3 is 14.4 Å². The highest BCUT2D eigenvalue weighted by Crippen LogP contribution is 2.21. The van der Waals surface area contributed by atoms with E-state index in [1.807, 2.05) is 45.0 Å². The first-order chi connectivity index (χ1) is 9.85. The summed E-state index contributed by atoms with van der Waals surface area (Å²) in [6.45, 7) is 7.47. The largest absolute Gasteiger partial charge is 0.444 e. The smallest absolute Gasteiger partial charge is 0.410 e. The topological polar surface area (TPSA) is 38.8 Å². The molecular formula is C16H22BrNO3. The minimum absolute atomic E-state index is 0.0737. The number of likely N-dealkylation sites (tertiary alicyclic amines) is 1. The van der Waals surface area contributed by atoms with Crippen LogP contribution in [-0.4, -0.2) is 35.8 Å². The molecule has 2 rings (SSSR count). The lowest BCUT2D eigenvalue weighted by molar-refractivity contribution is 0.0183. The number of ether oxygens (including phenoxy) is 2. The van der Waals surface area contributed by atoms with Crippen molar-refractivity contribution in [1.82, 2.24) is 4.90 Å². The molecule has 1 aliphatic rings. The summed E-state index contributed by atoms with van der Waals surface area (Å²) < 4.78 is 12.3. The van der Waals surface area contributed by atoms with Crippen LogP contribution < -0.4 is 0 Å². The lowest BCUT2D eigenvalue weighted by Crippen LogP contribution is -2.36. The summed E-state index contributed by atoms with van der Waals surface area (Å²) in [5.41, 5.74) is 0.665. The summed E-state index contributed by atoms with van der Waals surface area (Å²) >= 11 is 3.51. The molecule has 0 aliphatic carbocycles. The lowest BCUT2D eigenvalue weighted by atomic mass is 10.2. The summed E-state index contributed by atoms with van der Waals surface area (Å²) in [5, 5.41) is 0. The number of benzene rings is 1. The summed E-state index contributed by atoms with van der Waals surface area (Å²) in [6, 6.07) is 8.00. The average Bonchev–Trinajstić information content (AvgIpc) is 2.85. The zero-order valence-corrected chi connectivity index (χ0v) is 14.4. The van der Waals surface area contributed by atoms with E-state index in [1.54, 1.807) is 4.90 Å². The molecule has 1 fully saturated rings. The molecule has 5 heteroatoms. The van der Waals surface area contributed by atoms with Gasteiger partial charge in [0.25, 0.3) is 0 Å². The molecular weight excluding hydrogens is 334 g/mol. The maximum Gasteiger partial charge on any atom is 0.410 e. The number of amides is 1. The van der Waals surface area contributed by atoms with Gasteiger partial charge in [-0.1, -0.05) is 34.1 Å². The van der Waals surface area contributed by atoms with Gasteiger partial charge >= 0.3 is 6.09 Å². The second-order valence-electron chi connectivity index (χ2n) is 6.24. The number of rotatable bonds is 3. The van der Waals surface area contributed by atoms with Gasteiger partial charge in [-0.05, 0) is 38.8 Å². The van der Waals surface area contributed by atoms with Crippen molar-refractivity contribution in [3.8, 4) is 0 Å². The lowest BCUT2D eigenvalue weighted by Gasteiger charge is -2.24. The highest BCUT2D eigenvalue weighted by molar-refractivity contribution is 9.10. The second-order valence-corrected chi connectivity index (χ2v) is 7.09. The van der Waals surface area contributed by atoms with Crippen LogP contribution in [0.5, 0.6) is 0 Å². The molecule has 1 unspecified atom stereocenters. The van der Waals surface area contributed by atoms with E-state index in [-0.39, 0.29) is 12.2 Å². The fraction of sp³-hybridized carbons (Fsp3) is 0.562. The third-order valence-electron chi connectivity index (χ3n) is 3.23. The number of carbonyl (C=O) groups is 1. The Hall–Kier alpha value is -1.07. The Labute approximate surface area is 134 Å². The Kier molecular flexibility index (Phi) is 5.27. The van der Waals surface area contributed by atoms with E-state index in [0.29, 0.717) is 19.7 Å². The van der Waals surface area contributed by atoms with Crippen molar-refractivity contribution >= 4 is 22.0 Å². The maximum atomic E-state index is 12.0. The van der Waals surface area contributed by atoms with Crippen LogP contribution in [0.25, 0.3) is 0 Å². The summed E-state index contributed by atoms with van der Waals surface area (Å²) in [6.07, 6.45) is 0.670. The molecule has 0 saturated carbocycles. The molecule has 0 radical (unpaired) electrons. The monoisotopic (exact) mass is 355 g/mol. The van der Waals surface area contributed by atoms with Gasteiger partial charge in [0.15, 0.2) is 0 Å². The van der Waals surface area contributed by atoms with Crippen LogP contribution in [0.4, 0.5) is 4.79 Å². The summed E-state index contributed by atoms with van der Waals surface area (Å²) in [7, 11) is 0. The van der Waals surface area contributed by atoms with Gasteiger partial charge in [0.1, 0.15) is 5.60 Å². The number of nitrogens with zero attached hydrogens (tertiary/aromatic N) is 1. The third-order valence-corrected chi connectivity index (χ3v) is 4.00. The van der Waals surface area contributed by atoms with E-state index in [4.69, 9.17) is 9.47 Å². The van der Waals surface area contributed by atoms with Crippen LogP contribution in [0.1, 0.15) is 32.8 Å². The highest BCUT2D eigenvalue weighted by atomic mass is 79.9. The third kappa shape index (κ3) is 5.00. The Morgan fingerprint density at radius 1 is 1.38 bits per heavy atom. The zero-order chi connectivity index (χ0) is 15.5. The van der Waals surface area contributed by atoms with Gasteiger partial charge in [0.05, 0.1) is 19.3 Å². The SMILES string of the molecule is CC(C)(C)OC(=O)N1CCC(OCc2ccccc2Br)C1. The molecule has 1 heterocycles. The van der Waals surface area contributed by atoms with E-state index in [2.05, 4.69) is 15.9 Å². The van der Waals surface area contributed by atoms with Crippen molar-refractivity contribution < 1.29 is 14.3 Å². The number of halogens is 1. The molecule has 116 valence electrons. The summed E-state index contributed by atoms with van der Waals surface area (Å²) in [4.78, 5) is 13.7. The fourth-order valence-electron chi connectivity index (χ4n) is 2.18. The van der Waals surface area contributed by atoms with Crippen molar-refractivity contribution in [2.75, 3.05) is 13.1 Å². The van der Waals surface area contributed by atoms with Crippen LogP contribution in [-0.2, 0) is 16.1 Å². The van der Waals surface area contributed by atoms with Crippen molar-refractivity contribution in [3.05, 3.63) is 34.3 Å². The molecule has 1 aromatic rings. The number of hydrogen-bond donors (Lipinski definition) is 0. The average molecular weight is 356 g/mol. The Morgan fingerprint density at radius 2 is 2.10 bits per heavy atom. The molecule has 1 amide bonds. The van der Waals surface area contributed by atoms with Crippen LogP contribution in [0, 0.1) is 0 Å². The van der Waals surface area contributed by atoms with E-state index in [0.717, 1.165) is 16.5 Å². The van der Waals surface area contributed by atoms with E-state index >= 15 is 0 Å². The van der Waals surface area contributed by atoms with Crippen LogP contribution in [0.3, 0.4) is 0 Å². The predicted molar refractivity (Wildman–Crippen MR) is 85.1 cm³/mol. The molecule has 1 aliphatic heterocycles. The van der Waals surface area contributed by atoms with Gasteiger partial charge in [-0.3, -0.25) is 0 Å². The van der Waals surface area contributed by atoms with Crippen molar-refractivity contribution in [2.24, 2.45) is 0 Å². The van der Waals surface area contributed by atoms with E-state index in [9.17, 15) is 4.79 Å². The minimum Gasteiger partial charge on any atom is -0.444 e. The first-order valence-corrected chi connectivity index (χ1v) is 7.97. The van der Waals surface area contributed by atoms with Gasteiger partial charge in [0, 0.05) is 11.0 Å².